The Bertz CT molecular complexity index is 1180. The van der Waals surface area contributed by atoms with E-state index < -0.39 is 16.9 Å². The van der Waals surface area contributed by atoms with Gasteiger partial charge >= 0.3 is 6.03 Å². The first-order valence-corrected chi connectivity index (χ1v) is 8.78. The van der Waals surface area contributed by atoms with E-state index in [2.05, 4.69) is 5.32 Å². The summed E-state index contributed by atoms with van der Waals surface area (Å²) >= 11 is 5.93. The molecule has 2 aromatic carbocycles. The summed E-state index contributed by atoms with van der Waals surface area (Å²) < 4.78 is 5.64. The van der Waals surface area contributed by atoms with Gasteiger partial charge < -0.3 is 9.73 Å². The van der Waals surface area contributed by atoms with E-state index in [1.165, 1.54) is 18.2 Å². The van der Waals surface area contributed by atoms with Crippen LogP contribution in [0.4, 0.5) is 16.2 Å². The topological polar surface area (TPSA) is 106 Å². The van der Waals surface area contributed by atoms with Crippen LogP contribution in [-0.4, -0.2) is 16.9 Å². The van der Waals surface area contributed by atoms with Crippen LogP contribution in [0.2, 0.25) is 5.02 Å². The predicted octanol–water partition coefficient (Wildman–Crippen LogP) is 4.61. The summed E-state index contributed by atoms with van der Waals surface area (Å²) in [6, 6.07) is 15.0. The van der Waals surface area contributed by atoms with Crippen LogP contribution in [0.15, 0.2) is 70.8 Å². The fourth-order valence-electron chi connectivity index (χ4n) is 2.94. The zero-order valence-corrected chi connectivity index (χ0v) is 15.4. The van der Waals surface area contributed by atoms with Crippen molar-refractivity contribution in [2.75, 3.05) is 4.90 Å². The first kappa shape index (κ1) is 18.5. The molecule has 0 aliphatic carbocycles. The van der Waals surface area contributed by atoms with Crippen LogP contribution < -0.4 is 10.2 Å². The van der Waals surface area contributed by atoms with E-state index in [1.54, 1.807) is 48.5 Å². The molecule has 2 heterocycles. The number of carbonyl (C=O) groups excluding carboxylic acids is 2. The van der Waals surface area contributed by atoms with Crippen LogP contribution in [0.1, 0.15) is 5.76 Å². The van der Waals surface area contributed by atoms with E-state index in [-0.39, 0.29) is 22.9 Å². The fraction of sp³-hybridized carbons (Fsp3) is 0. The minimum Gasteiger partial charge on any atom is -0.456 e. The van der Waals surface area contributed by atoms with Gasteiger partial charge in [0.15, 0.2) is 0 Å². The summed E-state index contributed by atoms with van der Waals surface area (Å²) in [4.78, 5) is 36.6. The molecule has 1 N–H and O–H groups in total. The number of anilines is 1. The number of nitro benzene ring substituents is 1. The van der Waals surface area contributed by atoms with Crippen LogP contribution in [-0.2, 0) is 4.79 Å². The molecular formula is C20H12ClN3O5. The minimum atomic E-state index is -0.617. The lowest BCUT2D eigenvalue weighted by atomic mass is 10.1. The highest BCUT2D eigenvalue weighted by Crippen LogP contribution is 2.32. The molecule has 1 aliphatic rings. The minimum absolute atomic E-state index is 0.0124. The van der Waals surface area contributed by atoms with Crippen LogP contribution in [0.25, 0.3) is 17.4 Å². The van der Waals surface area contributed by atoms with Gasteiger partial charge in [0.1, 0.15) is 17.2 Å². The zero-order valence-electron chi connectivity index (χ0n) is 14.7. The third-order valence-electron chi connectivity index (χ3n) is 4.22. The average Bonchev–Trinajstić information content (AvgIpc) is 3.26. The van der Waals surface area contributed by atoms with Crippen molar-refractivity contribution in [1.29, 1.82) is 0 Å². The number of furan rings is 1. The smallest absolute Gasteiger partial charge is 0.333 e. The maximum atomic E-state index is 12.7. The summed E-state index contributed by atoms with van der Waals surface area (Å²) in [5.41, 5.74) is 0.560. The van der Waals surface area contributed by atoms with Gasteiger partial charge in [-0.1, -0.05) is 29.8 Å². The van der Waals surface area contributed by atoms with Crippen molar-refractivity contribution in [3.63, 3.8) is 0 Å². The van der Waals surface area contributed by atoms with Gasteiger partial charge in [-0.3, -0.25) is 14.9 Å². The van der Waals surface area contributed by atoms with Crippen molar-refractivity contribution >= 4 is 41.0 Å². The maximum absolute atomic E-state index is 12.7. The lowest BCUT2D eigenvalue weighted by molar-refractivity contribution is -0.384. The summed E-state index contributed by atoms with van der Waals surface area (Å²) in [5, 5.41) is 14.1. The number of urea groups is 1. The van der Waals surface area contributed by atoms with Gasteiger partial charge in [-0.2, -0.15) is 0 Å². The normalized spacial score (nSPS) is 15.1. The molecular weight excluding hydrogens is 398 g/mol. The Hall–Kier alpha value is -3.91. The number of hydrogen-bond donors (Lipinski definition) is 1. The second-order valence-corrected chi connectivity index (χ2v) is 6.52. The molecule has 0 atom stereocenters. The largest absolute Gasteiger partial charge is 0.456 e. The number of halogens is 1. The van der Waals surface area contributed by atoms with Crippen LogP contribution in [0, 0.1) is 10.1 Å². The number of hydrogen-bond acceptors (Lipinski definition) is 5. The summed E-state index contributed by atoms with van der Waals surface area (Å²) in [5.74, 6) is -0.0386. The highest BCUT2D eigenvalue weighted by Gasteiger charge is 2.35. The van der Waals surface area contributed by atoms with Gasteiger partial charge in [0.05, 0.1) is 16.2 Å². The van der Waals surface area contributed by atoms with Crippen molar-refractivity contribution in [2.45, 2.75) is 0 Å². The number of nitrogens with zero attached hydrogens (tertiary/aromatic N) is 2. The summed E-state index contributed by atoms with van der Waals surface area (Å²) in [6.45, 7) is 0. The third kappa shape index (κ3) is 3.48. The van der Waals surface area contributed by atoms with Gasteiger partial charge in [0, 0.05) is 17.2 Å². The summed E-state index contributed by atoms with van der Waals surface area (Å²) in [6.07, 6.45) is 1.36. The fourth-order valence-corrected chi connectivity index (χ4v) is 3.13. The molecule has 1 fully saturated rings. The van der Waals surface area contributed by atoms with Gasteiger partial charge in [-0.05, 0) is 36.4 Å². The average molecular weight is 410 g/mol. The molecule has 0 spiro atoms. The van der Waals surface area contributed by atoms with Gasteiger partial charge in [-0.15, -0.1) is 0 Å². The number of imide groups is 1. The zero-order chi connectivity index (χ0) is 20.5. The first-order chi connectivity index (χ1) is 13.9. The molecule has 9 heteroatoms. The van der Waals surface area contributed by atoms with E-state index >= 15 is 0 Å². The molecule has 0 unspecified atom stereocenters. The first-order valence-electron chi connectivity index (χ1n) is 8.40. The Labute approximate surface area is 169 Å². The molecule has 0 bridgehead atoms. The quantitative estimate of drug-likeness (QED) is 0.293. The molecule has 4 rings (SSSR count). The lowest BCUT2D eigenvalue weighted by Gasteiger charge is -2.11. The van der Waals surface area contributed by atoms with Crippen LogP contribution in [0.3, 0.4) is 0 Å². The molecule has 0 saturated carbocycles. The van der Waals surface area contributed by atoms with Gasteiger partial charge in [-0.25, -0.2) is 9.69 Å². The Balaban J connectivity index is 1.64. The number of rotatable bonds is 4. The van der Waals surface area contributed by atoms with E-state index in [4.69, 9.17) is 16.0 Å². The number of benzene rings is 2. The van der Waals surface area contributed by atoms with Crippen molar-refractivity contribution < 1.29 is 18.9 Å². The van der Waals surface area contributed by atoms with Crippen molar-refractivity contribution in [3.8, 4) is 11.3 Å². The summed E-state index contributed by atoms with van der Waals surface area (Å²) in [7, 11) is 0. The Morgan fingerprint density at radius 1 is 1.07 bits per heavy atom. The predicted molar refractivity (Wildman–Crippen MR) is 106 cm³/mol. The van der Waals surface area contributed by atoms with Gasteiger partial charge in [0.2, 0.25) is 0 Å². The second-order valence-electron chi connectivity index (χ2n) is 6.08. The van der Waals surface area contributed by atoms with Crippen molar-refractivity contribution in [1.82, 2.24) is 5.32 Å². The molecule has 0 radical (unpaired) electrons. The van der Waals surface area contributed by atoms with Crippen LogP contribution >= 0.6 is 11.6 Å². The Morgan fingerprint density at radius 3 is 2.62 bits per heavy atom. The van der Waals surface area contributed by atoms with Gasteiger partial charge in [0.25, 0.3) is 11.6 Å². The van der Waals surface area contributed by atoms with E-state index in [0.29, 0.717) is 16.3 Å². The third-order valence-corrected chi connectivity index (χ3v) is 4.46. The molecule has 3 amide bonds. The van der Waals surface area contributed by atoms with E-state index in [0.717, 1.165) is 4.90 Å². The highest BCUT2D eigenvalue weighted by molar-refractivity contribution is 6.32. The Kier molecular flexibility index (Phi) is 4.61. The SMILES string of the molecule is O=C1N/C(=C/c2ccc(-c3ccccc3[N+](=O)[O-])o2)C(=O)N1c1cccc(Cl)c1. The maximum Gasteiger partial charge on any atom is 0.333 e. The molecule has 29 heavy (non-hydrogen) atoms. The molecule has 1 saturated heterocycles. The number of nitrogens with one attached hydrogen (secondary N) is 1. The number of carbonyl (C=O) groups is 2. The van der Waals surface area contributed by atoms with E-state index in [9.17, 15) is 19.7 Å². The molecule has 1 aromatic heterocycles. The van der Waals surface area contributed by atoms with E-state index in [1.807, 2.05) is 0 Å². The monoisotopic (exact) mass is 409 g/mol. The van der Waals surface area contributed by atoms with Crippen LogP contribution in [0.5, 0.6) is 0 Å². The highest BCUT2D eigenvalue weighted by atomic mass is 35.5. The Morgan fingerprint density at radius 2 is 1.86 bits per heavy atom. The second kappa shape index (κ2) is 7.25. The van der Waals surface area contributed by atoms with Crippen molar-refractivity contribution in [2.24, 2.45) is 0 Å². The lowest BCUT2D eigenvalue weighted by Crippen LogP contribution is -2.30. The molecule has 1 aliphatic heterocycles. The molecule has 8 nitrogen and oxygen atoms in total. The standard InChI is InChI=1S/C20H12ClN3O5/c21-12-4-3-5-13(10-12)23-19(25)16(22-20(23)26)11-14-8-9-18(29-14)15-6-1-2-7-17(15)24(27)28/h1-11H,(H,22,26)/b16-11+. The van der Waals surface area contributed by atoms with Crippen molar-refractivity contribution in [3.05, 3.63) is 87.3 Å². The number of amides is 3. The number of nitro groups is 1. The molecule has 144 valence electrons. The number of para-hydroxylation sites is 1. The molecule has 3 aromatic rings.